The van der Waals surface area contributed by atoms with Crippen molar-refractivity contribution in [1.29, 1.82) is 10.5 Å². The number of carbonyl (C=O) groups is 1. The van der Waals surface area contributed by atoms with Crippen LogP contribution in [0.15, 0.2) is 29.1 Å². The number of nitrogens with zero attached hydrogens (tertiary/aromatic N) is 4. The Morgan fingerprint density at radius 1 is 1.33 bits per heavy atom. The predicted molar refractivity (Wildman–Crippen MR) is 88.2 cm³/mol. The van der Waals surface area contributed by atoms with E-state index < -0.39 is 0 Å². The molecule has 1 aliphatic heterocycles. The molecule has 3 rings (SSSR count). The fraction of sp³-hybridized carbons (Fsp3) is 0.294. The van der Waals surface area contributed by atoms with Crippen molar-refractivity contribution in [2.45, 2.75) is 0 Å². The molecule has 0 aliphatic carbocycles. The van der Waals surface area contributed by atoms with E-state index >= 15 is 0 Å². The summed E-state index contributed by atoms with van der Waals surface area (Å²) < 4.78 is 1.47. The lowest BCUT2D eigenvalue weighted by Gasteiger charge is -2.40. The SMILES string of the molecule is Cn1c(=O)c(C#N)c(N2CC(C(=O)NCC#N)C2)c2ccccc21. The minimum atomic E-state index is -0.344. The molecule has 1 amide bonds. The lowest BCUT2D eigenvalue weighted by Crippen LogP contribution is -2.54. The van der Waals surface area contributed by atoms with E-state index in [4.69, 9.17) is 5.26 Å². The molecule has 120 valence electrons. The van der Waals surface area contributed by atoms with Crippen LogP contribution in [0, 0.1) is 28.6 Å². The Hall–Kier alpha value is -3.32. The Kier molecular flexibility index (Phi) is 3.93. The summed E-state index contributed by atoms with van der Waals surface area (Å²) in [5.74, 6) is -0.424. The summed E-state index contributed by atoms with van der Waals surface area (Å²) in [6, 6.07) is 11.3. The molecule has 0 spiro atoms. The lowest BCUT2D eigenvalue weighted by atomic mass is 9.95. The molecule has 1 aromatic carbocycles. The number of hydrogen-bond donors (Lipinski definition) is 1. The van der Waals surface area contributed by atoms with Gasteiger partial charge in [0.15, 0.2) is 0 Å². The summed E-state index contributed by atoms with van der Waals surface area (Å²) in [6.07, 6.45) is 0. The lowest BCUT2D eigenvalue weighted by molar-refractivity contribution is -0.125. The van der Waals surface area contributed by atoms with E-state index in [9.17, 15) is 14.9 Å². The van der Waals surface area contributed by atoms with E-state index in [1.165, 1.54) is 4.57 Å². The van der Waals surface area contributed by atoms with Crippen LogP contribution < -0.4 is 15.8 Å². The molecule has 1 aliphatic rings. The maximum absolute atomic E-state index is 12.4. The summed E-state index contributed by atoms with van der Waals surface area (Å²) in [5.41, 5.74) is 1.07. The minimum Gasteiger partial charge on any atom is -0.368 e. The van der Waals surface area contributed by atoms with Crippen molar-refractivity contribution < 1.29 is 4.79 Å². The Balaban J connectivity index is 1.99. The monoisotopic (exact) mass is 321 g/mol. The van der Waals surface area contributed by atoms with Gasteiger partial charge in [-0.25, -0.2) is 0 Å². The second-order valence-corrected chi connectivity index (χ2v) is 5.69. The first kappa shape index (κ1) is 15.6. The van der Waals surface area contributed by atoms with Crippen molar-refractivity contribution in [1.82, 2.24) is 9.88 Å². The van der Waals surface area contributed by atoms with Gasteiger partial charge >= 0.3 is 0 Å². The van der Waals surface area contributed by atoms with Crippen LogP contribution in [-0.2, 0) is 11.8 Å². The molecule has 0 radical (unpaired) electrons. The second kappa shape index (κ2) is 6.05. The van der Waals surface area contributed by atoms with Gasteiger partial charge in [-0.3, -0.25) is 9.59 Å². The second-order valence-electron chi connectivity index (χ2n) is 5.69. The number of anilines is 1. The highest BCUT2D eigenvalue weighted by Crippen LogP contribution is 2.33. The summed E-state index contributed by atoms with van der Waals surface area (Å²) in [5, 5.41) is 21.3. The Labute approximate surface area is 138 Å². The smallest absolute Gasteiger partial charge is 0.270 e. The van der Waals surface area contributed by atoms with E-state index in [0.29, 0.717) is 18.8 Å². The number of aryl methyl sites for hydroxylation is 1. The van der Waals surface area contributed by atoms with Gasteiger partial charge in [0.25, 0.3) is 5.56 Å². The molecule has 24 heavy (non-hydrogen) atoms. The van der Waals surface area contributed by atoms with E-state index in [-0.39, 0.29) is 29.5 Å². The van der Waals surface area contributed by atoms with Gasteiger partial charge in [0.2, 0.25) is 5.91 Å². The van der Waals surface area contributed by atoms with E-state index in [2.05, 4.69) is 5.32 Å². The third kappa shape index (κ3) is 2.37. The van der Waals surface area contributed by atoms with Crippen LogP contribution in [0.25, 0.3) is 10.9 Å². The molecular weight excluding hydrogens is 306 g/mol. The number of carbonyl (C=O) groups excluding carboxylic acids is 1. The molecule has 1 saturated heterocycles. The molecule has 1 fully saturated rings. The van der Waals surface area contributed by atoms with Crippen LogP contribution in [0.4, 0.5) is 5.69 Å². The first-order valence-corrected chi connectivity index (χ1v) is 7.50. The molecule has 0 atom stereocenters. The highest BCUT2D eigenvalue weighted by Gasteiger charge is 2.35. The van der Waals surface area contributed by atoms with Crippen LogP contribution in [0.1, 0.15) is 5.56 Å². The highest BCUT2D eigenvalue weighted by atomic mass is 16.2. The zero-order valence-electron chi connectivity index (χ0n) is 13.1. The molecule has 0 bridgehead atoms. The van der Waals surface area contributed by atoms with E-state index in [0.717, 1.165) is 10.9 Å². The Morgan fingerprint density at radius 3 is 2.71 bits per heavy atom. The summed E-state index contributed by atoms with van der Waals surface area (Å²) in [4.78, 5) is 26.2. The molecule has 7 nitrogen and oxygen atoms in total. The van der Waals surface area contributed by atoms with Crippen LogP contribution in [0.5, 0.6) is 0 Å². The number of hydrogen-bond acceptors (Lipinski definition) is 5. The van der Waals surface area contributed by atoms with Crippen molar-refractivity contribution in [2.75, 3.05) is 24.5 Å². The largest absolute Gasteiger partial charge is 0.368 e. The average Bonchev–Trinajstić information content (AvgIpc) is 2.56. The number of fused-ring (bicyclic) bond motifs is 1. The van der Waals surface area contributed by atoms with Crippen molar-refractivity contribution in [3.8, 4) is 12.1 Å². The molecule has 1 aromatic heterocycles. The van der Waals surface area contributed by atoms with Gasteiger partial charge in [-0.15, -0.1) is 0 Å². The minimum absolute atomic E-state index is 0.0202. The normalized spacial score (nSPS) is 13.9. The molecule has 0 unspecified atom stereocenters. The zero-order valence-corrected chi connectivity index (χ0v) is 13.1. The van der Waals surface area contributed by atoms with Gasteiger partial charge in [-0.05, 0) is 6.07 Å². The van der Waals surface area contributed by atoms with Crippen LogP contribution in [0.2, 0.25) is 0 Å². The van der Waals surface area contributed by atoms with Crippen molar-refractivity contribution in [2.24, 2.45) is 13.0 Å². The number of aromatic nitrogens is 1. The first-order valence-electron chi connectivity index (χ1n) is 7.50. The number of para-hydroxylation sites is 1. The van der Waals surface area contributed by atoms with Gasteiger partial charge in [0.05, 0.1) is 23.2 Å². The summed E-state index contributed by atoms with van der Waals surface area (Å²) >= 11 is 0. The van der Waals surface area contributed by atoms with Gasteiger partial charge in [0, 0.05) is 25.5 Å². The third-order valence-corrected chi connectivity index (χ3v) is 4.30. The Morgan fingerprint density at radius 2 is 2.04 bits per heavy atom. The fourth-order valence-electron chi connectivity index (χ4n) is 3.01. The molecule has 7 heteroatoms. The van der Waals surface area contributed by atoms with Crippen molar-refractivity contribution in [3.63, 3.8) is 0 Å². The van der Waals surface area contributed by atoms with Crippen molar-refractivity contribution >= 4 is 22.5 Å². The Bertz CT molecular complexity index is 958. The predicted octanol–water partition coefficient (Wildman–Crippen LogP) is 0.486. The number of rotatable bonds is 3. The number of nitrogens with one attached hydrogen (secondary N) is 1. The molecule has 1 N–H and O–H groups in total. The number of pyridine rings is 1. The van der Waals surface area contributed by atoms with E-state index in [1.807, 2.05) is 41.3 Å². The van der Waals surface area contributed by atoms with Crippen molar-refractivity contribution in [3.05, 3.63) is 40.2 Å². The molecule has 2 heterocycles. The van der Waals surface area contributed by atoms with Gasteiger partial charge in [-0.1, -0.05) is 18.2 Å². The van der Waals surface area contributed by atoms with Crippen LogP contribution >= 0.6 is 0 Å². The number of nitriles is 2. The molecule has 0 saturated carbocycles. The standard InChI is InChI=1S/C17H15N5O2/c1-21-14-5-3-2-4-12(14)15(13(8-19)17(21)24)22-9-11(10-22)16(23)20-7-6-18/h2-5,11H,7,9-10H2,1H3,(H,20,23). The molecular formula is C17H15N5O2. The van der Waals surface area contributed by atoms with Gasteiger partial charge in [0.1, 0.15) is 18.2 Å². The summed E-state index contributed by atoms with van der Waals surface area (Å²) in [6.45, 7) is 0.819. The number of amides is 1. The van der Waals surface area contributed by atoms with Gasteiger partial charge in [-0.2, -0.15) is 10.5 Å². The quantitative estimate of drug-likeness (QED) is 0.829. The van der Waals surface area contributed by atoms with Crippen LogP contribution in [-0.4, -0.2) is 30.1 Å². The van der Waals surface area contributed by atoms with Crippen LogP contribution in [0.3, 0.4) is 0 Å². The highest BCUT2D eigenvalue weighted by molar-refractivity contribution is 5.96. The first-order chi connectivity index (χ1) is 11.6. The topological polar surface area (TPSA) is 102 Å². The fourth-order valence-corrected chi connectivity index (χ4v) is 3.01. The maximum atomic E-state index is 12.4. The average molecular weight is 321 g/mol. The number of benzene rings is 1. The zero-order chi connectivity index (χ0) is 17.3. The van der Waals surface area contributed by atoms with E-state index in [1.54, 1.807) is 7.05 Å². The van der Waals surface area contributed by atoms with Gasteiger partial charge < -0.3 is 14.8 Å². The molecule has 2 aromatic rings. The summed E-state index contributed by atoms with van der Waals surface area (Å²) in [7, 11) is 1.64. The maximum Gasteiger partial charge on any atom is 0.270 e. The third-order valence-electron chi connectivity index (χ3n) is 4.30.